The molecule has 0 unspecified atom stereocenters. The predicted molar refractivity (Wildman–Crippen MR) is 67.6 cm³/mol. The number of nitrogens with one attached hydrogen (secondary N) is 1. The molecule has 0 spiro atoms. The van der Waals surface area contributed by atoms with E-state index >= 15 is 0 Å². The molecule has 1 aliphatic carbocycles. The number of hydroxylamine groups is 2. The number of hydrogen-bond donors (Lipinski definition) is 2. The van der Waals surface area contributed by atoms with Gasteiger partial charge in [-0.25, -0.2) is 9.86 Å². The Morgan fingerprint density at radius 3 is 2.63 bits per heavy atom. The molecule has 3 fully saturated rings. The van der Waals surface area contributed by atoms with Crippen molar-refractivity contribution >= 4 is 11.9 Å². The molecule has 3 aliphatic rings. The van der Waals surface area contributed by atoms with Crippen LogP contribution in [0.15, 0.2) is 0 Å². The first-order chi connectivity index (χ1) is 9.16. The van der Waals surface area contributed by atoms with Gasteiger partial charge in [-0.05, 0) is 25.7 Å². The SMILES string of the molecule is O=C(NC1CCCCC1)[C@@H]1CC[C@@H]2CN1C(=O)N2O. The third kappa shape index (κ3) is 2.29. The first-order valence-electron chi connectivity index (χ1n) is 7.26. The van der Waals surface area contributed by atoms with E-state index in [1.54, 1.807) is 0 Å². The molecule has 2 N–H and O–H groups in total. The molecule has 1 saturated carbocycles. The second-order valence-corrected chi connectivity index (χ2v) is 5.87. The summed E-state index contributed by atoms with van der Waals surface area (Å²) in [6.07, 6.45) is 7.02. The second-order valence-electron chi connectivity index (χ2n) is 5.87. The molecule has 2 heterocycles. The average Bonchev–Trinajstić information content (AvgIpc) is 2.65. The third-order valence-electron chi connectivity index (χ3n) is 4.60. The lowest BCUT2D eigenvalue weighted by molar-refractivity contribution is -0.127. The molecule has 2 aliphatic heterocycles. The van der Waals surface area contributed by atoms with Crippen LogP contribution in [0.4, 0.5) is 4.79 Å². The van der Waals surface area contributed by atoms with Gasteiger partial charge in [0, 0.05) is 12.6 Å². The monoisotopic (exact) mass is 267 g/mol. The van der Waals surface area contributed by atoms with Crippen LogP contribution in [0.25, 0.3) is 0 Å². The van der Waals surface area contributed by atoms with Crippen LogP contribution < -0.4 is 5.32 Å². The summed E-state index contributed by atoms with van der Waals surface area (Å²) in [5, 5.41) is 13.5. The van der Waals surface area contributed by atoms with Gasteiger partial charge in [-0.2, -0.15) is 0 Å². The number of piperidine rings is 1. The molecule has 19 heavy (non-hydrogen) atoms. The van der Waals surface area contributed by atoms with Gasteiger partial charge in [0.15, 0.2) is 0 Å². The summed E-state index contributed by atoms with van der Waals surface area (Å²) < 4.78 is 0. The van der Waals surface area contributed by atoms with Gasteiger partial charge >= 0.3 is 6.03 Å². The second kappa shape index (κ2) is 5.00. The van der Waals surface area contributed by atoms with Crippen LogP contribution in [0.1, 0.15) is 44.9 Å². The molecule has 0 aromatic carbocycles. The maximum atomic E-state index is 12.3. The van der Waals surface area contributed by atoms with Gasteiger partial charge in [0.1, 0.15) is 6.04 Å². The maximum Gasteiger partial charge on any atom is 0.344 e. The number of carbonyl (C=O) groups is 2. The lowest BCUT2D eigenvalue weighted by Crippen LogP contribution is -2.52. The van der Waals surface area contributed by atoms with Gasteiger partial charge in [-0.3, -0.25) is 10.0 Å². The number of fused-ring (bicyclic) bond motifs is 2. The van der Waals surface area contributed by atoms with Gasteiger partial charge in [0.2, 0.25) is 5.91 Å². The zero-order valence-corrected chi connectivity index (χ0v) is 11.0. The number of carbonyl (C=O) groups excluding carboxylic acids is 2. The van der Waals surface area contributed by atoms with Crippen molar-refractivity contribution in [3.8, 4) is 0 Å². The summed E-state index contributed by atoms with van der Waals surface area (Å²) in [5.74, 6) is -0.0472. The zero-order valence-electron chi connectivity index (χ0n) is 11.0. The highest BCUT2D eigenvalue weighted by atomic mass is 16.5. The number of rotatable bonds is 2. The Labute approximate surface area is 112 Å². The van der Waals surface area contributed by atoms with E-state index in [1.165, 1.54) is 24.2 Å². The Bertz CT molecular complexity index is 381. The van der Waals surface area contributed by atoms with E-state index in [9.17, 15) is 14.8 Å². The Morgan fingerprint density at radius 2 is 1.89 bits per heavy atom. The normalized spacial score (nSPS) is 31.7. The molecular weight excluding hydrogens is 246 g/mol. The molecule has 106 valence electrons. The van der Waals surface area contributed by atoms with Gasteiger partial charge in [-0.1, -0.05) is 19.3 Å². The van der Waals surface area contributed by atoms with Gasteiger partial charge in [-0.15, -0.1) is 0 Å². The van der Waals surface area contributed by atoms with Crippen molar-refractivity contribution in [3.63, 3.8) is 0 Å². The lowest BCUT2D eigenvalue weighted by atomic mass is 9.94. The van der Waals surface area contributed by atoms with Gasteiger partial charge in [0.25, 0.3) is 0 Å². The minimum absolute atomic E-state index is 0.0472. The molecule has 2 saturated heterocycles. The number of amides is 3. The summed E-state index contributed by atoms with van der Waals surface area (Å²) in [6.45, 7) is 0.470. The smallest absolute Gasteiger partial charge is 0.344 e. The first kappa shape index (κ1) is 12.7. The molecule has 0 aromatic rings. The van der Waals surface area contributed by atoms with Crippen molar-refractivity contribution in [3.05, 3.63) is 0 Å². The predicted octanol–water partition coefficient (Wildman–Crippen LogP) is 1.09. The van der Waals surface area contributed by atoms with Gasteiger partial charge in [0.05, 0.1) is 6.04 Å². The fourth-order valence-electron chi connectivity index (χ4n) is 3.47. The average molecular weight is 267 g/mol. The van der Waals surface area contributed by atoms with E-state index in [0.717, 1.165) is 17.9 Å². The first-order valence-corrected chi connectivity index (χ1v) is 7.26. The van der Waals surface area contributed by atoms with E-state index in [0.29, 0.717) is 19.4 Å². The van der Waals surface area contributed by atoms with Crippen LogP contribution in [-0.2, 0) is 4.79 Å². The van der Waals surface area contributed by atoms with Gasteiger partial charge < -0.3 is 10.2 Å². The number of hydrogen-bond acceptors (Lipinski definition) is 3. The lowest BCUT2D eigenvalue weighted by Gasteiger charge is -2.31. The van der Waals surface area contributed by atoms with Crippen LogP contribution in [0.3, 0.4) is 0 Å². The molecule has 0 aromatic heterocycles. The number of nitrogens with zero attached hydrogens (tertiary/aromatic N) is 2. The fourth-order valence-corrected chi connectivity index (χ4v) is 3.47. The molecule has 2 bridgehead atoms. The van der Waals surface area contributed by atoms with Crippen molar-refractivity contribution in [2.45, 2.75) is 63.1 Å². The van der Waals surface area contributed by atoms with Crippen molar-refractivity contribution in [2.24, 2.45) is 0 Å². The summed E-state index contributed by atoms with van der Waals surface area (Å²) in [5.41, 5.74) is 0. The Hall–Kier alpha value is -1.30. The summed E-state index contributed by atoms with van der Waals surface area (Å²) in [6, 6.07) is -0.692. The summed E-state index contributed by atoms with van der Waals surface area (Å²) in [4.78, 5) is 25.6. The quantitative estimate of drug-likeness (QED) is 0.736. The standard InChI is InChI=1S/C13H21N3O3/c17-12(14-9-4-2-1-3-5-9)11-7-6-10-8-15(11)13(18)16(10)19/h9-11,19H,1-8H2,(H,14,17)/t10-,11+/m1/s1. The molecule has 3 amide bonds. The largest absolute Gasteiger partial charge is 0.352 e. The Balaban J connectivity index is 1.62. The highest BCUT2D eigenvalue weighted by Gasteiger charge is 2.46. The zero-order chi connectivity index (χ0) is 13.4. The minimum Gasteiger partial charge on any atom is -0.352 e. The van der Waals surface area contributed by atoms with E-state index in [1.807, 2.05) is 0 Å². The van der Waals surface area contributed by atoms with E-state index < -0.39 is 12.1 Å². The molecule has 3 rings (SSSR count). The topological polar surface area (TPSA) is 72.9 Å². The van der Waals surface area contributed by atoms with Crippen LogP contribution in [0.5, 0.6) is 0 Å². The van der Waals surface area contributed by atoms with Crippen molar-refractivity contribution in [1.29, 1.82) is 0 Å². The van der Waals surface area contributed by atoms with Crippen molar-refractivity contribution in [2.75, 3.05) is 6.54 Å². The Kier molecular flexibility index (Phi) is 3.35. The minimum atomic E-state index is -0.425. The molecular formula is C13H21N3O3. The highest BCUT2D eigenvalue weighted by Crippen LogP contribution is 2.28. The van der Waals surface area contributed by atoms with Crippen LogP contribution in [0.2, 0.25) is 0 Å². The van der Waals surface area contributed by atoms with E-state index in [4.69, 9.17) is 0 Å². The summed E-state index contributed by atoms with van der Waals surface area (Å²) in [7, 11) is 0. The van der Waals surface area contributed by atoms with Crippen molar-refractivity contribution < 1.29 is 14.8 Å². The fraction of sp³-hybridized carbons (Fsp3) is 0.846. The highest BCUT2D eigenvalue weighted by molar-refractivity contribution is 5.88. The van der Waals surface area contributed by atoms with Crippen LogP contribution >= 0.6 is 0 Å². The molecule has 0 radical (unpaired) electrons. The summed E-state index contributed by atoms with van der Waals surface area (Å²) >= 11 is 0. The maximum absolute atomic E-state index is 12.3. The molecule has 6 heteroatoms. The molecule has 2 atom stereocenters. The third-order valence-corrected chi connectivity index (χ3v) is 4.60. The molecule has 6 nitrogen and oxygen atoms in total. The Morgan fingerprint density at radius 1 is 1.16 bits per heavy atom. The van der Waals surface area contributed by atoms with Crippen LogP contribution in [-0.4, -0.2) is 51.8 Å². The number of urea groups is 1. The van der Waals surface area contributed by atoms with Crippen molar-refractivity contribution in [1.82, 2.24) is 15.3 Å². The van der Waals surface area contributed by atoms with Crippen LogP contribution in [0, 0.1) is 0 Å². The van der Waals surface area contributed by atoms with E-state index in [2.05, 4.69) is 5.32 Å². The van der Waals surface area contributed by atoms with E-state index in [-0.39, 0.29) is 18.0 Å².